The van der Waals surface area contributed by atoms with Gasteiger partial charge in [-0.15, -0.1) is 11.8 Å². The minimum Gasteiger partial charge on any atom is -0.497 e. The first-order chi connectivity index (χ1) is 14.7. The standard InChI is InChI=1S/C23H27N3O3S/c1-4-7-18-20(5-2)30-15-19-21(23(27)25-10-12-29-13-11-25)24-26(22(18)19)16-8-6-9-17(14-16)28-3/h5-9,14H,4,10-13,15H2,1-3H3/b18-7+,20-5+. The van der Waals surface area contributed by atoms with Crippen LogP contribution in [0, 0.1) is 0 Å². The number of morpholine rings is 1. The van der Waals surface area contributed by atoms with Crippen molar-refractivity contribution < 1.29 is 14.3 Å². The van der Waals surface area contributed by atoms with Gasteiger partial charge in [-0.3, -0.25) is 4.79 Å². The molecule has 1 fully saturated rings. The second kappa shape index (κ2) is 9.10. The van der Waals surface area contributed by atoms with E-state index in [1.54, 1.807) is 18.9 Å². The molecule has 0 saturated carbocycles. The normalized spacial score (nSPS) is 19.2. The fourth-order valence-electron chi connectivity index (χ4n) is 3.87. The van der Waals surface area contributed by atoms with Crippen LogP contribution in [0.4, 0.5) is 0 Å². The van der Waals surface area contributed by atoms with Gasteiger partial charge in [-0.2, -0.15) is 5.10 Å². The molecule has 0 N–H and O–H groups in total. The third-order valence-electron chi connectivity index (χ3n) is 5.35. The molecule has 158 valence electrons. The van der Waals surface area contributed by atoms with Crippen LogP contribution in [-0.4, -0.2) is 54.0 Å². The van der Waals surface area contributed by atoms with Crippen molar-refractivity contribution in [2.45, 2.75) is 26.0 Å². The van der Waals surface area contributed by atoms with E-state index in [2.05, 4.69) is 26.0 Å². The number of methoxy groups -OCH3 is 1. The Bertz CT molecular complexity index is 1000. The number of ether oxygens (including phenoxy) is 2. The summed E-state index contributed by atoms with van der Waals surface area (Å²) in [7, 11) is 1.65. The van der Waals surface area contributed by atoms with Gasteiger partial charge in [-0.1, -0.05) is 25.1 Å². The zero-order valence-electron chi connectivity index (χ0n) is 17.7. The van der Waals surface area contributed by atoms with Crippen LogP contribution in [0.2, 0.25) is 0 Å². The Morgan fingerprint density at radius 3 is 2.83 bits per heavy atom. The van der Waals surface area contributed by atoms with Crippen molar-refractivity contribution in [2.75, 3.05) is 33.4 Å². The number of nitrogens with zero attached hydrogens (tertiary/aromatic N) is 3. The summed E-state index contributed by atoms with van der Waals surface area (Å²) in [6.45, 7) is 6.54. The molecule has 30 heavy (non-hydrogen) atoms. The first kappa shape index (κ1) is 20.8. The molecule has 1 aromatic carbocycles. The lowest BCUT2D eigenvalue weighted by atomic mass is 10.0. The number of amides is 1. The van der Waals surface area contributed by atoms with E-state index in [4.69, 9.17) is 14.6 Å². The summed E-state index contributed by atoms with van der Waals surface area (Å²) in [5, 5.41) is 4.86. The summed E-state index contributed by atoms with van der Waals surface area (Å²) in [5.41, 5.74) is 4.58. The Labute approximate surface area is 181 Å². The van der Waals surface area contributed by atoms with E-state index >= 15 is 0 Å². The van der Waals surface area contributed by atoms with Crippen LogP contribution in [0.5, 0.6) is 5.75 Å². The predicted molar refractivity (Wildman–Crippen MR) is 120 cm³/mol. The van der Waals surface area contributed by atoms with Crippen LogP contribution in [0.1, 0.15) is 42.0 Å². The Kier molecular flexibility index (Phi) is 6.29. The van der Waals surface area contributed by atoms with Gasteiger partial charge >= 0.3 is 0 Å². The summed E-state index contributed by atoms with van der Waals surface area (Å²) in [6, 6.07) is 7.81. The molecule has 2 aliphatic rings. The molecular formula is C23H27N3O3S. The lowest BCUT2D eigenvalue weighted by molar-refractivity contribution is 0.0298. The minimum atomic E-state index is -0.0171. The van der Waals surface area contributed by atoms with E-state index in [0.29, 0.717) is 32.0 Å². The van der Waals surface area contributed by atoms with Gasteiger partial charge in [0.2, 0.25) is 0 Å². The zero-order valence-corrected chi connectivity index (χ0v) is 18.5. The van der Waals surface area contributed by atoms with Gasteiger partial charge in [0.25, 0.3) is 5.91 Å². The van der Waals surface area contributed by atoms with Gasteiger partial charge in [0.05, 0.1) is 31.7 Å². The highest BCUT2D eigenvalue weighted by Gasteiger charge is 2.33. The van der Waals surface area contributed by atoms with E-state index < -0.39 is 0 Å². The second-order valence-electron chi connectivity index (χ2n) is 7.16. The molecule has 7 heteroatoms. The van der Waals surface area contributed by atoms with Crippen molar-refractivity contribution in [3.63, 3.8) is 0 Å². The first-order valence-electron chi connectivity index (χ1n) is 10.3. The van der Waals surface area contributed by atoms with Crippen LogP contribution >= 0.6 is 11.8 Å². The van der Waals surface area contributed by atoms with Crippen molar-refractivity contribution >= 4 is 23.2 Å². The van der Waals surface area contributed by atoms with Crippen molar-refractivity contribution in [3.05, 3.63) is 58.3 Å². The average Bonchev–Trinajstić information content (AvgIpc) is 3.19. The number of rotatable bonds is 4. The molecule has 1 saturated heterocycles. The molecule has 0 radical (unpaired) electrons. The van der Waals surface area contributed by atoms with E-state index in [1.807, 2.05) is 33.8 Å². The molecule has 0 unspecified atom stereocenters. The first-order valence-corrected chi connectivity index (χ1v) is 11.3. The molecule has 0 aliphatic carbocycles. The molecule has 6 nitrogen and oxygen atoms in total. The molecule has 1 aromatic heterocycles. The number of thioether (sulfide) groups is 1. The van der Waals surface area contributed by atoms with Crippen LogP contribution in [-0.2, 0) is 10.5 Å². The number of benzene rings is 1. The number of hydrogen-bond acceptors (Lipinski definition) is 5. The van der Waals surface area contributed by atoms with Gasteiger partial charge in [-0.25, -0.2) is 4.68 Å². The van der Waals surface area contributed by atoms with E-state index in [9.17, 15) is 4.79 Å². The maximum absolute atomic E-state index is 13.4. The van der Waals surface area contributed by atoms with Crippen LogP contribution in [0.15, 0.2) is 41.3 Å². The number of carbonyl (C=O) groups excluding carboxylic acids is 1. The number of allylic oxidation sites excluding steroid dienone is 3. The predicted octanol–water partition coefficient (Wildman–Crippen LogP) is 4.30. The Morgan fingerprint density at radius 2 is 2.13 bits per heavy atom. The number of fused-ring (bicyclic) bond motifs is 1. The molecule has 2 aromatic rings. The van der Waals surface area contributed by atoms with Gasteiger partial charge < -0.3 is 14.4 Å². The molecule has 0 atom stereocenters. The molecular weight excluding hydrogens is 398 g/mol. The zero-order chi connectivity index (χ0) is 21.1. The third kappa shape index (κ3) is 3.79. The van der Waals surface area contributed by atoms with Crippen molar-refractivity contribution in [1.29, 1.82) is 0 Å². The number of hydrogen-bond donors (Lipinski definition) is 0. The highest BCUT2D eigenvalue weighted by molar-refractivity contribution is 8.03. The molecule has 2 aliphatic heterocycles. The topological polar surface area (TPSA) is 56.6 Å². The van der Waals surface area contributed by atoms with E-state index in [-0.39, 0.29) is 5.91 Å². The fraction of sp³-hybridized carbons (Fsp3) is 0.391. The average molecular weight is 426 g/mol. The SMILES string of the molecule is C/C=C1/SCc2c(C(=O)N3CCOCC3)nn(-c3cccc(OC)c3)c2/C1=C/CC. The van der Waals surface area contributed by atoms with Crippen molar-refractivity contribution in [2.24, 2.45) is 0 Å². The number of aromatic nitrogens is 2. The molecule has 3 heterocycles. The van der Waals surface area contributed by atoms with Crippen molar-refractivity contribution in [3.8, 4) is 11.4 Å². The Morgan fingerprint density at radius 1 is 1.33 bits per heavy atom. The molecule has 0 bridgehead atoms. The van der Waals surface area contributed by atoms with Crippen LogP contribution in [0.3, 0.4) is 0 Å². The van der Waals surface area contributed by atoms with Crippen LogP contribution in [0.25, 0.3) is 11.3 Å². The van der Waals surface area contributed by atoms with E-state index in [0.717, 1.165) is 40.4 Å². The van der Waals surface area contributed by atoms with Gasteiger partial charge in [0, 0.05) is 41.0 Å². The molecule has 4 rings (SSSR count). The monoisotopic (exact) mass is 425 g/mol. The lowest BCUT2D eigenvalue weighted by Crippen LogP contribution is -2.41. The van der Waals surface area contributed by atoms with Crippen molar-refractivity contribution in [1.82, 2.24) is 14.7 Å². The quantitative estimate of drug-likeness (QED) is 0.731. The maximum Gasteiger partial charge on any atom is 0.274 e. The molecule has 1 amide bonds. The van der Waals surface area contributed by atoms with Gasteiger partial charge in [0.15, 0.2) is 5.69 Å². The summed E-state index contributed by atoms with van der Waals surface area (Å²) in [6.07, 6.45) is 5.27. The molecule has 0 spiro atoms. The third-order valence-corrected chi connectivity index (χ3v) is 6.54. The largest absolute Gasteiger partial charge is 0.497 e. The second-order valence-corrected chi connectivity index (χ2v) is 8.18. The Hall–Kier alpha value is -2.51. The summed E-state index contributed by atoms with van der Waals surface area (Å²) >= 11 is 1.77. The van der Waals surface area contributed by atoms with E-state index in [1.165, 1.54) is 4.91 Å². The smallest absolute Gasteiger partial charge is 0.274 e. The summed E-state index contributed by atoms with van der Waals surface area (Å²) < 4.78 is 12.8. The Balaban J connectivity index is 1.90. The summed E-state index contributed by atoms with van der Waals surface area (Å²) in [5.74, 6) is 1.47. The van der Waals surface area contributed by atoms with Gasteiger partial charge in [-0.05, 0) is 25.5 Å². The number of carbonyl (C=O) groups is 1. The minimum absolute atomic E-state index is 0.0171. The summed E-state index contributed by atoms with van der Waals surface area (Å²) in [4.78, 5) is 16.5. The van der Waals surface area contributed by atoms with Crippen LogP contribution < -0.4 is 4.74 Å². The van der Waals surface area contributed by atoms with Gasteiger partial charge in [0.1, 0.15) is 5.75 Å². The lowest BCUT2D eigenvalue weighted by Gasteiger charge is -2.26. The highest BCUT2D eigenvalue weighted by atomic mass is 32.2. The maximum atomic E-state index is 13.4. The highest BCUT2D eigenvalue weighted by Crippen LogP contribution is 2.44. The fourth-order valence-corrected chi connectivity index (χ4v) is 4.94.